The van der Waals surface area contributed by atoms with Crippen molar-refractivity contribution in [1.82, 2.24) is 15.3 Å². The van der Waals surface area contributed by atoms with Crippen LogP contribution in [-0.4, -0.2) is 16.5 Å². The molecule has 0 radical (unpaired) electrons. The van der Waals surface area contributed by atoms with Crippen molar-refractivity contribution in [3.05, 3.63) is 41.7 Å². The summed E-state index contributed by atoms with van der Waals surface area (Å²) in [4.78, 5) is 7.84. The fourth-order valence-electron chi connectivity index (χ4n) is 2.12. The summed E-state index contributed by atoms with van der Waals surface area (Å²) >= 11 is 0. The van der Waals surface area contributed by atoms with Crippen molar-refractivity contribution >= 4 is 0 Å². The monoisotopic (exact) mass is 271 g/mol. The van der Waals surface area contributed by atoms with Crippen molar-refractivity contribution in [2.24, 2.45) is 5.92 Å². The number of nitrogens with zero attached hydrogens (tertiary/aromatic N) is 1. The number of aromatic amines is 1. The summed E-state index contributed by atoms with van der Waals surface area (Å²) in [7, 11) is 0. The van der Waals surface area contributed by atoms with Crippen molar-refractivity contribution in [3.63, 3.8) is 0 Å². The molecule has 2 rings (SSSR count). The van der Waals surface area contributed by atoms with Crippen LogP contribution in [0.4, 0.5) is 0 Å². The fourth-order valence-corrected chi connectivity index (χ4v) is 2.12. The van der Waals surface area contributed by atoms with E-state index in [1.165, 1.54) is 5.56 Å². The highest BCUT2D eigenvalue weighted by atomic mass is 15.0. The highest BCUT2D eigenvalue weighted by Gasteiger charge is 2.05. The Kier molecular flexibility index (Phi) is 4.96. The van der Waals surface area contributed by atoms with Crippen LogP contribution >= 0.6 is 0 Å². The Morgan fingerprint density at radius 3 is 2.40 bits per heavy atom. The van der Waals surface area contributed by atoms with Gasteiger partial charge in [0.05, 0.1) is 0 Å². The Morgan fingerprint density at radius 2 is 1.80 bits per heavy atom. The maximum Gasteiger partial charge on any atom is 0.137 e. The Balaban J connectivity index is 2.01. The van der Waals surface area contributed by atoms with E-state index in [-0.39, 0.29) is 0 Å². The lowest BCUT2D eigenvalue weighted by Gasteiger charge is -2.06. The van der Waals surface area contributed by atoms with Crippen LogP contribution in [0.2, 0.25) is 0 Å². The molecular formula is C17H25N3. The Labute approximate surface area is 121 Å². The molecule has 1 aromatic carbocycles. The van der Waals surface area contributed by atoms with E-state index in [1.807, 2.05) is 6.20 Å². The van der Waals surface area contributed by atoms with Gasteiger partial charge < -0.3 is 10.3 Å². The third-order valence-corrected chi connectivity index (χ3v) is 3.35. The van der Waals surface area contributed by atoms with Gasteiger partial charge in [-0.25, -0.2) is 4.98 Å². The predicted octanol–water partition coefficient (Wildman–Crippen LogP) is 3.95. The van der Waals surface area contributed by atoms with Crippen molar-refractivity contribution in [2.45, 2.75) is 40.2 Å². The van der Waals surface area contributed by atoms with E-state index in [1.54, 1.807) is 0 Å². The lowest BCUT2D eigenvalue weighted by molar-refractivity contribution is 0.549. The molecule has 0 aliphatic carbocycles. The molecule has 0 fully saturated rings. The third-order valence-electron chi connectivity index (χ3n) is 3.35. The first-order valence-electron chi connectivity index (χ1n) is 7.41. The molecule has 0 aliphatic rings. The minimum absolute atomic E-state index is 0.566. The van der Waals surface area contributed by atoms with Gasteiger partial charge in [0.2, 0.25) is 0 Å². The summed E-state index contributed by atoms with van der Waals surface area (Å²) in [5, 5.41) is 3.42. The fraction of sp³-hybridized carbons (Fsp3) is 0.471. The van der Waals surface area contributed by atoms with Gasteiger partial charge in [0.1, 0.15) is 5.82 Å². The Bertz CT molecular complexity index is 523. The van der Waals surface area contributed by atoms with E-state index in [0.717, 1.165) is 30.2 Å². The Morgan fingerprint density at radius 1 is 1.10 bits per heavy atom. The van der Waals surface area contributed by atoms with Gasteiger partial charge in [-0.3, -0.25) is 0 Å². The molecule has 0 aliphatic heterocycles. The number of hydrogen-bond acceptors (Lipinski definition) is 2. The lowest BCUT2D eigenvalue weighted by atomic mass is 10.0. The van der Waals surface area contributed by atoms with Crippen LogP contribution in [0.1, 0.15) is 44.9 Å². The Hall–Kier alpha value is -1.61. The SMILES string of the molecule is CC(C)CNCc1cnc(-c2ccc(C(C)C)cc2)[nH]1. The molecular weight excluding hydrogens is 246 g/mol. The molecule has 3 nitrogen and oxygen atoms in total. The van der Waals surface area contributed by atoms with Crippen molar-refractivity contribution in [1.29, 1.82) is 0 Å². The number of rotatable bonds is 6. The summed E-state index contributed by atoms with van der Waals surface area (Å²) in [5.74, 6) is 2.18. The minimum atomic E-state index is 0.566. The molecule has 3 heteroatoms. The van der Waals surface area contributed by atoms with Crippen LogP contribution in [0, 0.1) is 5.92 Å². The first-order valence-corrected chi connectivity index (χ1v) is 7.41. The van der Waals surface area contributed by atoms with E-state index < -0.39 is 0 Å². The molecule has 0 unspecified atom stereocenters. The van der Waals surface area contributed by atoms with Gasteiger partial charge >= 0.3 is 0 Å². The zero-order valence-electron chi connectivity index (χ0n) is 12.9. The van der Waals surface area contributed by atoms with E-state index in [0.29, 0.717) is 11.8 Å². The molecule has 0 atom stereocenters. The van der Waals surface area contributed by atoms with Gasteiger partial charge in [0, 0.05) is 24.0 Å². The number of H-pyrrole nitrogens is 1. The normalized spacial score (nSPS) is 11.5. The van der Waals surface area contributed by atoms with Crippen LogP contribution in [0.25, 0.3) is 11.4 Å². The maximum absolute atomic E-state index is 4.46. The van der Waals surface area contributed by atoms with E-state index >= 15 is 0 Å². The van der Waals surface area contributed by atoms with Crippen molar-refractivity contribution in [2.75, 3.05) is 6.54 Å². The quantitative estimate of drug-likeness (QED) is 0.835. The first kappa shape index (κ1) is 14.8. The molecule has 0 saturated heterocycles. The average Bonchev–Trinajstić information content (AvgIpc) is 2.87. The minimum Gasteiger partial charge on any atom is -0.341 e. The van der Waals surface area contributed by atoms with Crippen molar-refractivity contribution < 1.29 is 0 Å². The second-order valence-electron chi connectivity index (χ2n) is 6.06. The number of aromatic nitrogens is 2. The van der Waals surface area contributed by atoms with Crippen LogP contribution in [0.15, 0.2) is 30.5 Å². The molecule has 1 heterocycles. The maximum atomic E-state index is 4.46. The topological polar surface area (TPSA) is 40.7 Å². The largest absolute Gasteiger partial charge is 0.341 e. The van der Waals surface area contributed by atoms with Crippen LogP contribution in [0.3, 0.4) is 0 Å². The molecule has 0 amide bonds. The van der Waals surface area contributed by atoms with E-state index in [2.05, 4.69) is 67.2 Å². The summed E-state index contributed by atoms with van der Waals surface area (Å²) in [6, 6.07) is 8.64. The van der Waals surface area contributed by atoms with Crippen LogP contribution in [0.5, 0.6) is 0 Å². The summed E-state index contributed by atoms with van der Waals surface area (Å²) in [5.41, 5.74) is 3.64. The molecule has 2 aromatic rings. The van der Waals surface area contributed by atoms with E-state index in [4.69, 9.17) is 0 Å². The first-order chi connectivity index (χ1) is 9.56. The highest BCUT2D eigenvalue weighted by molar-refractivity contribution is 5.55. The molecule has 2 N–H and O–H groups in total. The van der Waals surface area contributed by atoms with Crippen molar-refractivity contribution in [3.8, 4) is 11.4 Å². The summed E-state index contributed by atoms with van der Waals surface area (Å²) in [6.45, 7) is 10.7. The van der Waals surface area contributed by atoms with E-state index in [9.17, 15) is 0 Å². The standard InChI is InChI=1S/C17H25N3/c1-12(2)9-18-10-16-11-19-17(20-16)15-7-5-14(6-8-15)13(3)4/h5-8,11-13,18H,9-10H2,1-4H3,(H,19,20). The zero-order valence-corrected chi connectivity index (χ0v) is 12.9. The number of nitrogens with one attached hydrogen (secondary N) is 2. The highest BCUT2D eigenvalue weighted by Crippen LogP contribution is 2.20. The third kappa shape index (κ3) is 3.94. The van der Waals surface area contributed by atoms with Gasteiger partial charge in [0.25, 0.3) is 0 Å². The molecule has 108 valence electrons. The van der Waals surface area contributed by atoms with Crippen LogP contribution < -0.4 is 5.32 Å². The van der Waals surface area contributed by atoms with Crippen LogP contribution in [-0.2, 0) is 6.54 Å². The molecule has 0 saturated carbocycles. The second-order valence-corrected chi connectivity index (χ2v) is 6.06. The van der Waals surface area contributed by atoms with Gasteiger partial charge in [-0.05, 0) is 23.9 Å². The molecule has 1 aromatic heterocycles. The van der Waals surface area contributed by atoms with Gasteiger partial charge in [0.15, 0.2) is 0 Å². The number of imidazole rings is 1. The molecule has 0 bridgehead atoms. The summed E-state index contributed by atoms with van der Waals surface area (Å²) in [6.07, 6.45) is 1.92. The lowest BCUT2D eigenvalue weighted by Crippen LogP contribution is -2.19. The molecule has 20 heavy (non-hydrogen) atoms. The molecule has 0 spiro atoms. The number of benzene rings is 1. The van der Waals surface area contributed by atoms with Gasteiger partial charge in [-0.2, -0.15) is 0 Å². The zero-order chi connectivity index (χ0) is 14.5. The summed E-state index contributed by atoms with van der Waals surface area (Å²) < 4.78 is 0. The average molecular weight is 271 g/mol. The predicted molar refractivity (Wildman–Crippen MR) is 84.7 cm³/mol. The number of hydrogen-bond donors (Lipinski definition) is 2. The second kappa shape index (κ2) is 6.71. The van der Waals surface area contributed by atoms with Gasteiger partial charge in [-0.1, -0.05) is 52.0 Å². The smallest absolute Gasteiger partial charge is 0.137 e. The van der Waals surface area contributed by atoms with Gasteiger partial charge in [-0.15, -0.1) is 0 Å².